The maximum Gasteiger partial charge on any atom is 0.336 e. The second-order valence-electron chi connectivity index (χ2n) is 10.7. The lowest BCUT2D eigenvalue weighted by Gasteiger charge is -2.25. The zero-order chi connectivity index (χ0) is 28.1. The molecule has 1 N–H and O–H groups in total. The van der Waals surface area contributed by atoms with E-state index in [2.05, 4.69) is 16.5 Å². The minimum Gasteiger partial charge on any atom is -0.478 e. The van der Waals surface area contributed by atoms with Gasteiger partial charge >= 0.3 is 5.97 Å². The number of rotatable bonds is 9. The SMILES string of the molecule is CCCCc1nc2c(n1Cc1ccc(-c3ccccc3C(=O)O)cc1)CC(=NC(=O)[C@@H]1CCCC[C@H]1C=O)C=C2. The molecule has 7 heteroatoms. The summed E-state index contributed by atoms with van der Waals surface area (Å²) >= 11 is 0. The molecule has 2 aromatic carbocycles. The largest absolute Gasteiger partial charge is 0.478 e. The zero-order valence-corrected chi connectivity index (χ0v) is 22.9. The smallest absolute Gasteiger partial charge is 0.336 e. The van der Waals surface area contributed by atoms with Crippen LogP contribution in [0.5, 0.6) is 0 Å². The molecule has 1 amide bonds. The molecular weight excluding hydrogens is 502 g/mol. The molecule has 2 aliphatic rings. The van der Waals surface area contributed by atoms with Crippen molar-refractivity contribution in [1.82, 2.24) is 9.55 Å². The van der Waals surface area contributed by atoms with Crippen molar-refractivity contribution in [2.75, 3.05) is 0 Å². The number of nitrogens with zero attached hydrogens (tertiary/aromatic N) is 3. The number of carbonyl (C=O) groups excluding carboxylic acids is 2. The Hall–Kier alpha value is -4.13. The van der Waals surface area contributed by atoms with E-state index in [0.29, 0.717) is 24.2 Å². The first-order chi connectivity index (χ1) is 19.5. The summed E-state index contributed by atoms with van der Waals surface area (Å²) in [6.07, 6.45) is 11.6. The summed E-state index contributed by atoms with van der Waals surface area (Å²) in [7, 11) is 0. The number of aryl methyl sites for hydroxylation is 1. The van der Waals surface area contributed by atoms with Gasteiger partial charge < -0.3 is 14.5 Å². The Kier molecular flexibility index (Phi) is 8.48. The fourth-order valence-corrected chi connectivity index (χ4v) is 5.82. The number of unbranched alkanes of at least 4 members (excludes halogenated alkanes) is 1. The van der Waals surface area contributed by atoms with Crippen molar-refractivity contribution in [2.45, 2.75) is 64.8 Å². The van der Waals surface area contributed by atoms with Gasteiger partial charge in [-0.05, 0) is 54.2 Å². The van der Waals surface area contributed by atoms with Crippen LogP contribution in [-0.4, -0.2) is 38.5 Å². The van der Waals surface area contributed by atoms with Crippen LogP contribution in [0.15, 0.2) is 59.6 Å². The highest BCUT2D eigenvalue weighted by Crippen LogP contribution is 2.31. The van der Waals surface area contributed by atoms with Crippen molar-refractivity contribution in [1.29, 1.82) is 0 Å². The number of carboxylic acids is 1. The second-order valence-corrected chi connectivity index (χ2v) is 10.7. The summed E-state index contributed by atoms with van der Waals surface area (Å²) in [6.45, 7) is 2.78. The summed E-state index contributed by atoms with van der Waals surface area (Å²) in [5.41, 5.74) is 5.56. The number of aldehydes is 1. The van der Waals surface area contributed by atoms with Crippen molar-refractivity contribution >= 4 is 30.0 Å². The number of carbonyl (C=O) groups is 3. The van der Waals surface area contributed by atoms with Crippen LogP contribution in [0.4, 0.5) is 0 Å². The highest BCUT2D eigenvalue weighted by Gasteiger charge is 2.31. The van der Waals surface area contributed by atoms with E-state index in [1.807, 2.05) is 48.6 Å². The van der Waals surface area contributed by atoms with E-state index in [9.17, 15) is 19.5 Å². The molecule has 0 bridgehead atoms. The van der Waals surface area contributed by atoms with Gasteiger partial charge in [-0.1, -0.05) is 68.7 Å². The summed E-state index contributed by atoms with van der Waals surface area (Å²) in [5.74, 6) is -0.666. The van der Waals surface area contributed by atoms with Gasteiger partial charge in [0, 0.05) is 31.2 Å². The van der Waals surface area contributed by atoms with E-state index >= 15 is 0 Å². The summed E-state index contributed by atoms with van der Waals surface area (Å²) in [6, 6.07) is 15.0. The van der Waals surface area contributed by atoms with Crippen LogP contribution in [0.25, 0.3) is 17.2 Å². The third-order valence-corrected chi connectivity index (χ3v) is 8.05. The highest BCUT2D eigenvalue weighted by molar-refractivity contribution is 6.07. The van der Waals surface area contributed by atoms with Gasteiger partial charge in [-0.2, -0.15) is 0 Å². The number of allylic oxidation sites excluding steroid dienone is 1. The molecule has 40 heavy (non-hydrogen) atoms. The van der Waals surface area contributed by atoms with Crippen molar-refractivity contribution in [3.63, 3.8) is 0 Å². The molecule has 0 aliphatic heterocycles. The zero-order valence-electron chi connectivity index (χ0n) is 22.9. The first kappa shape index (κ1) is 27.4. The van der Waals surface area contributed by atoms with E-state index in [1.165, 1.54) is 0 Å². The molecule has 2 atom stereocenters. The van der Waals surface area contributed by atoms with Gasteiger partial charge in [0.25, 0.3) is 0 Å². The quantitative estimate of drug-likeness (QED) is 0.328. The Morgan fingerprint density at radius 1 is 1.07 bits per heavy atom. The van der Waals surface area contributed by atoms with Gasteiger partial charge in [0.2, 0.25) is 5.91 Å². The molecule has 0 unspecified atom stereocenters. The fourth-order valence-electron chi connectivity index (χ4n) is 5.82. The molecule has 1 heterocycles. The third-order valence-electron chi connectivity index (χ3n) is 8.05. The van der Waals surface area contributed by atoms with Gasteiger partial charge in [-0.3, -0.25) is 4.79 Å². The average molecular weight is 538 g/mol. The van der Waals surface area contributed by atoms with Gasteiger partial charge in [0.1, 0.15) is 12.1 Å². The van der Waals surface area contributed by atoms with Crippen LogP contribution >= 0.6 is 0 Å². The number of imidazole rings is 1. The Labute approximate surface area is 234 Å². The number of aromatic nitrogens is 2. The van der Waals surface area contributed by atoms with Gasteiger partial charge in [-0.25, -0.2) is 14.8 Å². The number of hydrogen-bond donors (Lipinski definition) is 1. The lowest BCUT2D eigenvalue weighted by molar-refractivity contribution is -0.128. The van der Waals surface area contributed by atoms with Gasteiger partial charge in [0.15, 0.2) is 0 Å². The van der Waals surface area contributed by atoms with Gasteiger partial charge in [0.05, 0.1) is 22.7 Å². The van der Waals surface area contributed by atoms with Crippen LogP contribution in [0.1, 0.15) is 78.6 Å². The van der Waals surface area contributed by atoms with E-state index in [-0.39, 0.29) is 23.3 Å². The summed E-state index contributed by atoms with van der Waals surface area (Å²) in [5, 5.41) is 9.58. The monoisotopic (exact) mass is 537 g/mol. The number of aromatic carboxylic acids is 1. The predicted molar refractivity (Wildman–Crippen MR) is 155 cm³/mol. The highest BCUT2D eigenvalue weighted by atomic mass is 16.4. The molecule has 206 valence electrons. The first-order valence-electron chi connectivity index (χ1n) is 14.2. The standard InChI is InChI=1S/C33H35N3O4/c1-2-3-12-31-35-29-18-17-25(34-32(38)27-10-5-4-8-24(27)21-37)19-30(29)36(31)20-22-13-15-23(16-14-22)26-9-6-7-11-28(26)33(39)40/h6-7,9,11,13-18,21,24,27H,2-5,8,10,12,19-20H2,1H3,(H,39,40)/t24-,27+/m0/s1. The molecule has 0 radical (unpaired) electrons. The number of hydrogen-bond acceptors (Lipinski definition) is 4. The van der Waals surface area contributed by atoms with E-state index in [0.717, 1.165) is 79.6 Å². The Bertz CT molecular complexity index is 1470. The number of fused-ring (bicyclic) bond motifs is 1. The number of amides is 1. The van der Waals surface area contributed by atoms with Crippen molar-refractivity contribution in [2.24, 2.45) is 16.8 Å². The van der Waals surface area contributed by atoms with Crippen molar-refractivity contribution < 1.29 is 19.5 Å². The van der Waals surface area contributed by atoms with Crippen LogP contribution in [0.2, 0.25) is 0 Å². The molecule has 1 aromatic heterocycles. The minimum atomic E-state index is -0.945. The van der Waals surface area contributed by atoms with Crippen LogP contribution < -0.4 is 0 Å². The summed E-state index contributed by atoms with van der Waals surface area (Å²) in [4.78, 5) is 45.7. The molecule has 1 saturated carbocycles. The Morgan fingerprint density at radius 2 is 1.85 bits per heavy atom. The summed E-state index contributed by atoms with van der Waals surface area (Å²) < 4.78 is 2.24. The lowest BCUT2D eigenvalue weighted by Crippen LogP contribution is -2.28. The molecule has 3 aromatic rings. The first-order valence-corrected chi connectivity index (χ1v) is 14.2. The molecular formula is C33H35N3O4. The molecule has 7 nitrogen and oxygen atoms in total. The van der Waals surface area contributed by atoms with E-state index < -0.39 is 5.97 Å². The number of aliphatic imine (C=N–C) groups is 1. The van der Waals surface area contributed by atoms with Crippen LogP contribution in [0.3, 0.4) is 0 Å². The van der Waals surface area contributed by atoms with Gasteiger partial charge in [-0.15, -0.1) is 0 Å². The normalized spacial score (nSPS) is 19.4. The third kappa shape index (κ3) is 5.88. The van der Waals surface area contributed by atoms with Crippen molar-refractivity contribution in [3.8, 4) is 11.1 Å². The Morgan fingerprint density at radius 3 is 2.60 bits per heavy atom. The fraction of sp³-hybridized carbons (Fsp3) is 0.364. The lowest BCUT2D eigenvalue weighted by atomic mass is 9.79. The van der Waals surface area contributed by atoms with E-state index in [1.54, 1.807) is 12.1 Å². The maximum atomic E-state index is 13.0. The molecule has 0 saturated heterocycles. The maximum absolute atomic E-state index is 13.0. The topological polar surface area (TPSA) is 102 Å². The van der Waals surface area contributed by atoms with Crippen LogP contribution in [-0.2, 0) is 29.0 Å². The minimum absolute atomic E-state index is 0.186. The number of carboxylic acid groups (broad SMARTS) is 1. The predicted octanol–water partition coefficient (Wildman–Crippen LogP) is 6.18. The average Bonchev–Trinajstić information content (AvgIpc) is 3.32. The van der Waals surface area contributed by atoms with Crippen molar-refractivity contribution in [3.05, 3.63) is 82.9 Å². The Balaban J connectivity index is 1.40. The van der Waals surface area contributed by atoms with Crippen LogP contribution in [0, 0.1) is 11.8 Å². The molecule has 5 rings (SSSR count). The number of benzene rings is 2. The van der Waals surface area contributed by atoms with E-state index in [4.69, 9.17) is 4.98 Å². The molecule has 0 spiro atoms. The molecule has 2 aliphatic carbocycles. The molecule has 1 fully saturated rings. The second kappa shape index (κ2) is 12.4.